The van der Waals surface area contributed by atoms with Crippen LogP contribution in [0.15, 0.2) is 23.1 Å². The fourth-order valence-electron chi connectivity index (χ4n) is 2.40. The largest absolute Gasteiger partial charge is 0.508 e. The minimum atomic E-state index is -1.01. The van der Waals surface area contributed by atoms with E-state index >= 15 is 0 Å². The summed E-state index contributed by atoms with van der Waals surface area (Å²) >= 11 is 1.43. The van der Waals surface area contributed by atoms with Gasteiger partial charge in [-0.3, -0.25) is 9.59 Å². The Morgan fingerprint density at radius 3 is 2.70 bits per heavy atom. The van der Waals surface area contributed by atoms with E-state index in [2.05, 4.69) is 0 Å². The van der Waals surface area contributed by atoms with Gasteiger partial charge in [-0.05, 0) is 34.8 Å². The molecule has 0 bridgehead atoms. The maximum absolute atomic E-state index is 12.3. The molecule has 1 amide bonds. The lowest BCUT2D eigenvalue weighted by Crippen LogP contribution is -2.40. The predicted octanol–water partition coefficient (Wildman–Crippen LogP) is 2.69. The van der Waals surface area contributed by atoms with E-state index in [0.717, 1.165) is 11.1 Å². The Morgan fingerprint density at radius 2 is 2.09 bits per heavy atom. The molecule has 0 atom stereocenters. The normalized spacial score (nSPS) is 17.6. The number of carboxylic acids is 1. The molecular formula is C17H21NO4S. The monoisotopic (exact) mass is 335 g/mol. The molecule has 1 aliphatic heterocycles. The van der Waals surface area contributed by atoms with Gasteiger partial charge < -0.3 is 15.1 Å². The van der Waals surface area contributed by atoms with Crippen LogP contribution in [0.4, 0.5) is 0 Å². The van der Waals surface area contributed by atoms with Crippen LogP contribution in [0.2, 0.25) is 0 Å². The van der Waals surface area contributed by atoms with Crippen molar-refractivity contribution >= 4 is 29.7 Å². The molecular weight excluding hydrogens is 314 g/mol. The third-order valence-corrected chi connectivity index (χ3v) is 4.56. The fraction of sp³-hybridized carbons (Fsp3) is 0.412. The highest BCUT2D eigenvalue weighted by Gasteiger charge is 2.25. The average Bonchev–Trinajstić information content (AvgIpc) is 2.43. The lowest BCUT2D eigenvalue weighted by molar-refractivity contribution is -0.142. The first-order valence-corrected chi connectivity index (χ1v) is 8.36. The van der Waals surface area contributed by atoms with Gasteiger partial charge in [0.15, 0.2) is 0 Å². The first-order chi connectivity index (χ1) is 10.7. The third kappa shape index (κ3) is 4.28. The molecule has 0 saturated carbocycles. The lowest BCUT2D eigenvalue weighted by atomic mass is 9.85. The van der Waals surface area contributed by atoms with E-state index < -0.39 is 5.97 Å². The van der Waals surface area contributed by atoms with Gasteiger partial charge in [0.05, 0.1) is 4.91 Å². The van der Waals surface area contributed by atoms with Crippen molar-refractivity contribution in [3.05, 3.63) is 34.2 Å². The average molecular weight is 335 g/mol. The van der Waals surface area contributed by atoms with E-state index in [0.29, 0.717) is 17.2 Å². The summed E-state index contributed by atoms with van der Waals surface area (Å²) in [5.74, 6) is -0.359. The van der Waals surface area contributed by atoms with Crippen molar-refractivity contribution in [3.8, 4) is 5.75 Å². The number of carbonyl (C=O) groups is 2. The van der Waals surface area contributed by atoms with Crippen LogP contribution in [-0.4, -0.2) is 45.8 Å². The predicted molar refractivity (Wildman–Crippen MR) is 91.5 cm³/mol. The second kappa shape index (κ2) is 6.66. The van der Waals surface area contributed by atoms with E-state index in [9.17, 15) is 14.7 Å². The van der Waals surface area contributed by atoms with Crippen LogP contribution in [0.25, 0.3) is 6.08 Å². The molecule has 23 heavy (non-hydrogen) atoms. The second-order valence-electron chi connectivity index (χ2n) is 6.50. The van der Waals surface area contributed by atoms with E-state index in [1.165, 1.54) is 16.7 Å². The molecule has 0 unspecified atom stereocenters. The molecule has 124 valence electrons. The van der Waals surface area contributed by atoms with Crippen LogP contribution >= 0.6 is 11.8 Å². The molecule has 2 N–H and O–H groups in total. The number of hydrogen-bond acceptors (Lipinski definition) is 4. The molecule has 2 rings (SSSR count). The van der Waals surface area contributed by atoms with Crippen molar-refractivity contribution in [2.24, 2.45) is 0 Å². The fourth-order valence-corrected chi connectivity index (χ4v) is 3.40. The van der Waals surface area contributed by atoms with E-state index in [4.69, 9.17) is 5.11 Å². The summed E-state index contributed by atoms with van der Waals surface area (Å²) in [5, 5.41) is 18.9. The first-order valence-electron chi connectivity index (χ1n) is 7.37. The number of benzene rings is 1. The van der Waals surface area contributed by atoms with Crippen molar-refractivity contribution in [1.29, 1.82) is 0 Å². The summed E-state index contributed by atoms with van der Waals surface area (Å²) in [5.41, 5.74) is 1.42. The van der Waals surface area contributed by atoms with Crippen molar-refractivity contribution < 1.29 is 19.8 Å². The second-order valence-corrected chi connectivity index (χ2v) is 7.64. The molecule has 1 aromatic rings. The van der Waals surface area contributed by atoms with Crippen LogP contribution < -0.4 is 0 Å². The molecule has 1 fully saturated rings. The molecule has 0 aliphatic carbocycles. The maximum Gasteiger partial charge on any atom is 0.323 e. The molecule has 0 aromatic heterocycles. The van der Waals surface area contributed by atoms with Gasteiger partial charge in [-0.1, -0.05) is 26.8 Å². The van der Waals surface area contributed by atoms with Crippen LogP contribution in [-0.2, 0) is 15.0 Å². The molecule has 6 heteroatoms. The summed E-state index contributed by atoms with van der Waals surface area (Å²) in [6.45, 7) is 6.19. The Bertz CT molecular complexity index is 661. The van der Waals surface area contributed by atoms with Gasteiger partial charge in [-0.25, -0.2) is 0 Å². The summed E-state index contributed by atoms with van der Waals surface area (Å²) in [4.78, 5) is 25.0. The highest BCUT2D eigenvalue weighted by molar-refractivity contribution is 8.04. The Balaban J connectivity index is 2.30. The quantitative estimate of drug-likeness (QED) is 0.831. The Morgan fingerprint density at radius 1 is 1.39 bits per heavy atom. The molecule has 0 spiro atoms. The Kier molecular flexibility index (Phi) is 5.04. The SMILES string of the molecule is CC(C)(C)c1cc(C=C2SCCN(CC(=O)O)C2=O)ccc1O. The van der Waals surface area contributed by atoms with Gasteiger partial charge >= 0.3 is 5.97 Å². The number of amides is 1. The summed E-state index contributed by atoms with van der Waals surface area (Å²) < 4.78 is 0. The Hall–Kier alpha value is -1.95. The molecule has 5 nitrogen and oxygen atoms in total. The number of hydrogen-bond donors (Lipinski definition) is 2. The summed E-state index contributed by atoms with van der Waals surface area (Å²) in [6, 6.07) is 5.24. The Labute approximate surface area is 140 Å². The van der Waals surface area contributed by atoms with Gasteiger partial charge in [0, 0.05) is 12.3 Å². The molecule has 1 aromatic carbocycles. The summed E-state index contributed by atoms with van der Waals surface area (Å²) in [6.07, 6.45) is 1.76. The highest BCUT2D eigenvalue weighted by atomic mass is 32.2. The third-order valence-electron chi connectivity index (χ3n) is 3.57. The standard InChI is InChI=1S/C17H21NO4S/c1-17(2,3)12-8-11(4-5-13(12)19)9-14-16(22)18(6-7-23-14)10-15(20)21/h4-5,8-9,19H,6-7,10H2,1-3H3,(H,20,21). The topological polar surface area (TPSA) is 77.8 Å². The van der Waals surface area contributed by atoms with Crippen LogP contribution in [0.1, 0.15) is 31.9 Å². The van der Waals surface area contributed by atoms with E-state index in [-0.39, 0.29) is 23.6 Å². The number of phenols is 1. The van der Waals surface area contributed by atoms with Gasteiger partial charge in [-0.15, -0.1) is 11.8 Å². The number of nitrogens with zero attached hydrogens (tertiary/aromatic N) is 1. The van der Waals surface area contributed by atoms with Crippen molar-refractivity contribution in [2.45, 2.75) is 26.2 Å². The maximum atomic E-state index is 12.3. The number of phenolic OH excluding ortho intramolecular Hbond substituents is 1. The first kappa shape index (κ1) is 17.4. The van der Waals surface area contributed by atoms with Crippen molar-refractivity contribution in [2.75, 3.05) is 18.8 Å². The van der Waals surface area contributed by atoms with Crippen molar-refractivity contribution in [1.82, 2.24) is 4.90 Å². The van der Waals surface area contributed by atoms with Gasteiger partial charge in [0.2, 0.25) is 0 Å². The minimum absolute atomic E-state index is 0.211. The highest BCUT2D eigenvalue weighted by Crippen LogP contribution is 2.33. The van der Waals surface area contributed by atoms with E-state index in [1.807, 2.05) is 26.8 Å². The number of rotatable bonds is 3. The molecule has 1 aliphatic rings. The van der Waals surface area contributed by atoms with Crippen LogP contribution in [0.5, 0.6) is 5.75 Å². The number of aromatic hydroxyl groups is 1. The van der Waals surface area contributed by atoms with Crippen LogP contribution in [0.3, 0.4) is 0 Å². The number of aliphatic carboxylic acids is 1. The molecule has 0 radical (unpaired) electrons. The lowest BCUT2D eigenvalue weighted by Gasteiger charge is -2.26. The minimum Gasteiger partial charge on any atom is -0.508 e. The van der Waals surface area contributed by atoms with Gasteiger partial charge in [0.1, 0.15) is 12.3 Å². The smallest absolute Gasteiger partial charge is 0.323 e. The zero-order chi connectivity index (χ0) is 17.2. The molecule has 1 saturated heterocycles. The number of carbonyl (C=O) groups excluding carboxylic acids is 1. The summed E-state index contributed by atoms with van der Waals surface area (Å²) in [7, 11) is 0. The van der Waals surface area contributed by atoms with Crippen molar-refractivity contribution in [3.63, 3.8) is 0 Å². The van der Waals surface area contributed by atoms with Gasteiger partial charge in [-0.2, -0.15) is 0 Å². The number of thioether (sulfide) groups is 1. The zero-order valence-corrected chi connectivity index (χ0v) is 14.3. The zero-order valence-electron chi connectivity index (χ0n) is 13.5. The molecule has 1 heterocycles. The van der Waals surface area contributed by atoms with E-state index in [1.54, 1.807) is 18.2 Å². The van der Waals surface area contributed by atoms with Gasteiger partial charge in [0.25, 0.3) is 5.91 Å². The van der Waals surface area contributed by atoms with Crippen LogP contribution in [0, 0.1) is 0 Å². The number of carboxylic acid groups (broad SMARTS) is 1.